The second-order valence-corrected chi connectivity index (χ2v) is 9.05. The molecule has 8 nitrogen and oxygen atoms in total. The van der Waals surface area contributed by atoms with E-state index in [0.717, 1.165) is 4.90 Å². The van der Waals surface area contributed by atoms with Crippen molar-refractivity contribution in [2.45, 2.75) is 59.1 Å². The summed E-state index contributed by atoms with van der Waals surface area (Å²) in [4.78, 5) is 64.1. The molecule has 1 N–H and O–H groups in total. The van der Waals surface area contributed by atoms with Crippen LogP contribution in [0, 0.1) is 17.8 Å². The van der Waals surface area contributed by atoms with Crippen molar-refractivity contribution in [1.82, 2.24) is 4.90 Å². The number of nitrogens with zero attached hydrogens (tertiary/aromatic N) is 1. The number of hydrogen-bond acceptors (Lipinski definition) is 6. The number of anilines is 1. The number of likely N-dealkylation sites (tertiary alicyclic amines) is 1. The topological polar surface area (TPSA) is 110 Å². The third-order valence-electron chi connectivity index (χ3n) is 5.97. The Labute approximate surface area is 193 Å². The molecule has 0 bridgehead atoms. The van der Waals surface area contributed by atoms with E-state index in [4.69, 9.17) is 4.74 Å². The fourth-order valence-electron chi connectivity index (χ4n) is 4.35. The van der Waals surface area contributed by atoms with Gasteiger partial charge in [0.1, 0.15) is 6.04 Å². The minimum absolute atomic E-state index is 0.0243. The lowest BCUT2D eigenvalue weighted by Gasteiger charge is -2.27. The fourth-order valence-corrected chi connectivity index (χ4v) is 4.35. The number of allylic oxidation sites excluding steroid dienone is 2. The van der Waals surface area contributed by atoms with Gasteiger partial charge in [-0.3, -0.25) is 24.1 Å². The van der Waals surface area contributed by atoms with Crippen molar-refractivity contribution in [3.05, 3.63) is 42.0 Å². The summed E-state index contributed by atoms with van der Waals surface area (Å²) >= 11 is 0. The number of nitrogens with one attached hydrogen (secondary N) is 1. The van der Waals surface area contributed by atoms with Crippen molar-refractivity contribution in [1.29, 1.82) is 0 Å². The van der Waals surface area contributed by atoms with Crippen molar-refractivity contribution >= 4 is 35.2 Å². The summed E-state index contributed by atoms with van der Waals surface area (Å²) in [5.41, 5.74) is 0.859. The van der Waals surface area contributed by atoms with E-state index in [0.29, 0.717) is 24.1 Å². The monoisotopic (exact) mass is 454 g/mol. The van der Waals surface area contributed by atoms with E-state index in [1.165, 1.54) is 26.0 Å². The molecule has 3 rings (SSSR count). The Morgan fingerprint density at radius 1 is 1.00 bits per heavy atom. The molecule has 1 saturated heterocycles. The highest BCUT2D eigenvalue weighted by Gasteiger charge is 2.51. The molecule has 0 saturated carbocycles. The minimum atomic E-state index is -1.10. The number of ether oxygens (including phenoxy) is 1. The number of fused-ring (bicyclic) bond motifs is 1. The van der Waals surface area contributed by atoms with Crippen LogP contribution in [0.4, 0.5) is 5.69 Å². The van der Waals surface area contributed by atoms with Gasteiger partial charge in [0.25, 0.3) is 0 Å². The molecule has 8 heteroatoms. The zero-order valence-electron chi connectivity index (χ0n) is 19.4. The van der Waals surface area contributed by atoms with Crippen LogP contribution in [0.1, 0.15) is 57.3 Å². The third kappa shape index (κ3) is 5.38. The number of ketones is 1. The predicted octanol–water partition coefficient (Wildman–Crippen LogP) is 3.13. The van der Waals surface area contributed by atoms with Crippen LogP contribution in [0.15, 0.2) is 36.4 Å². The first-order chi connectivity index (χ1) is 15.6. The van der Waals surface area contributed by atoms with Gasteiger partial charge in [-0.05, 0) is 56.4 Å². The van der Waals surface area contributed by atoms with Crippen LogP contribution in [-0.2, 0) is 23.9 Å². The molecular formula is C25H30N2O6. The Hall–Kier alpha value is -3.29. The van der Waals surface area contributed by atoms with Gasteiger partial charge in [0.15, 0.2) is 6.10 Å². The lowest BCUT2D eigenvalue weighted by molar-refractivity contribution is -0.161. The number of carbonyl (C=O) groups is 5. The summed E-state index contributed by atoms with van der Waals surface area (Å²) in [6, 6.07) is 5.18. The first-order valence-corrected chi connectivity index (χ1v) is 11.2. The molecule has 1 aliphatic heterocycles. The van der Waals surface area contributed by atoms with Gasteiger partial charge < -0.3 is 10.1 Å². The Kier molecular flexibility index (Phi) is 7.46. The normalized spacial score (nSPS) is 21.5. The smallest absolute Gasteiger partial charge is 0.330 e. The Bertz CT molecular complexity index is 955. The third-order valence-corrected chi connectivity index (χ3v) is 5.97. The standard InChI is InChI=1S/C25H30N2O6/c1-14(2)13-21(27-23(30)19-7-5-6-8-20(19)24(27)31)25(32)33-15(3)22(29)17-9-11-18(12-10-17)26-16(4)28/h5-6,9-12,14-15,19-21H,7-8,13H2,1-4H3,(H,26,28)/t15-,19-,20-,21-/m0/s1. The molecule has 0 aromatic heterocycles. The molecule has 1 aromatic rings. The van der Waals surface area contributed by atoms with Crippen molar-refractivity contribution in [3.63, 3.8) is 0 Å². The minimum Gasteiger partial charge on any atom is -0.453 e. The lowest BCUT2D eigenvalue weighted by atomic mass is 9.85. The van der Waals surface area contributed by atoms with Gasteiger partial charge in [-0.2, -0.15) is 0 Å². The SMILES string of the molecule is CC(=O)Nc1ccc(C(=O)[C@H](C)OC(=O)[C@H](CC(C)C)N2C(=O)[C@H]3CC=CC[C@@H]3C2=O)cc1. The Balaban J connectivity index is 1.73. The second kappa shape index (κ2) is 10.1. The van der Waals surface area contributed by atoms with Gasteiger partial charge in [-0.25, -0.2) is 4.79 Å². The van der Waals surface area contributed by atoms with Gasteiger partial charge >= 0.3 is 5.97 Å². The van der Waals surface area contributed by atoms with Crippen molar-refractivity contribution in [3.8, 4) is 0 Å². The molecular weight excluding hydrogens is 424 g/mol. The maximum atomic E-state index is 13.1. The number of Topliss-reactive ketones (excluding diaryl/α,β-unsaturated/α-hetero) is 1. The van der Waals surface area contributed by atoms with Crippen molar-refractivity contribution in [2.24, 2.45) is 17.8 Å². The number of benzene rings is 1. The molecule has 0 unspecified atom stereocenters. The number of hydrogen-bond donors (Lipinski definition) is 1. The first-order valence-electron chi connectivity index (χ1n) is 11.2. The van der Waals surface area contributed by atoms with Gasteiger partial charge in [0, 0.05) is 18.2 Å². The average Bonchev–Trinajstić information content (AvgIpc) is 3.02. The van der Waals surface area contributed by atoms with Crippen LogP contribution in [0.25, 0.3) is 0 Å². The van der Waals surface area contributed by atoms with E-state index < -0.39 is 35.7 Å². The first kappa shape index (κ1) is 24.4. The summed E-state index contributed by atoms with van der Waals surface area (Å²) < 4.78 is 5.47. The highest BCUT2D eigenvalue weighted by molar-refractivity contribution is 6.08. The zero-order valence-corrected chi connectivity index (χ0v) is 19.4. The number of carbonyl (C=O) groups excluding carboxylic acids is 5. The molecule has 176 valence electrons. The van der Waals surface area contributed by atoms with Gasteiger partial charge in [-0.15, -0.1) is 0 Å². The fraction of sp³-hybridized carbons (Fsp3) is 0.480. The summed E-state index contributed by atoms with van der Waals surface area (Å²) in [7, 11) is 0. The largest absolute Gasteiger partial charge is 0.453 e. The molecule has 33 heavy (non-hydrogen) atoms. The van der Waals surface area contributed by atoms with E-state index in [9.17, 15) is 24.0 Å². The number of esters is 1. The van der Waals surface area contributed by atoms with Gasteiger partial charge in [0.2, 0.25) is 23.5 Å². The quantitative estimate of drug-likeness (QED) is 0.280. The van der Waals surface area contributed by atoms with Gasteiger partial charge in [-0.1, -0.05) is 26.0 Å². The molecule has 2 aliphatic rings. The van der Waals surface area contributed by atoms with Gasteiger partial charge in [0.05, 0.1) is 11.8 Å². The Morgan fingerprint density at radius 2 is 1.55 bits per heavy atom. The summed E-state index contributed by atoms with van der Waals surface area (Å²) in [6.45, 7) is 6.64. The highest BCUT2D eigenvalue weighted by Crippen LogP contribution is 2.37. The molecule has 1 heterocycles. The van der Waals surface area contributed by atoms with E-state index in [-0.39, 0.29) is 30.1 Å². The maximum absolute atomic E-state index is 13.1. The molecule has 1 fully saturated rings. The van der Waals surface area contributed by atoms with Crippen LogP contribution >= 0.6 is 0 Å². The van der Waals surface area contributed by atoms with E-state index in [1.807, 2.05) is 26.0 Å². The highest BCUT2D eigenvalue weighted by atomic mass is 16.5. The molecule has 1 aromatic carbocycles. The summed E-state index contributed by atoms with van der Waals surface area (Å²) in [6.07, 6.45) is 3.91. The molecule has 3 amide bonds. The van der Waals surface area contributed by atoms with Crippen molar-refractivity contribution < 1.29 is 28.7 Å². The summed E-state index contributed by atoms with van der Waals surface area (Å²) in [5.74, 6) is -2.94. The van der Waals surface area contributed by atoms with Crippen LogP contribution in [0.5, 0.6) is 0 Å². The lowest BCUT2D eigenvalue weighted by Crippen LogP contribution is -2.48. The molecule has 0 spiro atoms. The number of rotatable bonds is 8. The van der Waals surface area contributed by atoms with Crippen LogP contribution in [0.3, 0.4) is 0 Å². The molecule has 4 atom stereocenters. The molecule has 0 radical (unpaired) electrons. The Morgan fingerprint density at radius 3 is 2.03 bits per heavy atom. The van der Waals surface area contributed by atoms with E-state index in [2.05, 4.69) is 5.32 Å². The maximum Gasteiger partial charge on any atom is 0.330 e. The average molecular weight is 455 g/mol. The summed E-state index contributed by atoms with van der Waals surface area (Å²) in [5, 5.41) is 2.62. The van der Waals surface area contributed by atoms with Crippen LogP contribution in [-0.4, -0.2) is 46.5 Å². The molecule has 1 aliphatic carbocycles. The van der Waals surface area contributed by atoms with E-state index in [1.54, 1.807) is 12.1 Å². The van der Waals surface area contributed by atoms with Crippen LogP contribution < -0.4 is 5.32 Å². The number of imide groups is 1. The zero-order chi connectivity index (χ0) is 24.3. The van der Waals surface area contributed by atoms with E-state index >= 15 is 0 Å². The number of amides is 3. The van der Waals surface area contributed by atoms with Crippen LogP contribution in [0.2, 0.25) is 0 Å². The predicted molar refractivity (Wildman–Crippen MR) is 121 cm³/mol. The second-order valence-electron chi connectivity index (χ2n) is 9.05. The van der Waals surface area contributed by atoms with Crippen molar-refractivity contribution in [2.75, 3.05) is 5.32 Å².